The Kier molecular flexibility index (Phi) is 11.6. The Morgan fingerprint density at radius 3 is 2.56 bits per heavy atom. The topological polar surface area (TPSA) is 64.6 Å². The lowest BCUT2D eigenvalue weighted by Crippen LogP contribution is -2.42. The van der Waals surface area contributed by atoms with Crippen LogP contribution in [0.15, 0.2) is 30.3 Å². The van der Waals surface area contributed by atoms with Crippen molar-refractivity contribution in [3.05, 3.63) is 35.9 Å². The maximum Gasteiger partial charge on any atom is 0.408 e. The average molecular weight is 368 g/mol. The molecule has 25 heavy (non-hydrogen) atoms. The predicted molar refractivity (Wildman–Crippen MR) is 102 cm³/mol. The van der Waals surface area contributed by atoms with E-state index in [1.54, 1.807) is 11.8 Å². The highest BCUT2D eigenvalue weighted by Crippen LogP contribution is 2.06. The number of thioether (sulfide) groups is 1. The summed E-state index contributed by atoms with van der Waals surface area (Å²) in [4.78, 5) is 24.2. The summed E-state index contributed by atoms with van der Waals surface area (Å²) in [5.74, 6) is 0.372. The number of alkyl carbamates (subject to hydrolysis) is 1. The quantitative estimate of drug-likeness (QED) is 0.444. The summed E-state index contributed by atoms with van der Waals surface area (Å²) in [6.07, 6.45) is 6.06. The van der Waals surface area contributed by atoms with E-state index in [4.69, 9.17) is 9.47 Å². The van der Waals surface area contributed by atoms with Crippen LogP contribution in [-0.4, -0.2) is 36.7 Å². The molecule has 0 spiro atoms. The minimum Gasteiger partial charge on any atom is -0.464 e. The van der Waals surface area contributed by atoms with E-state index in [-0.39, 0.29) is 12.6 Å². The van der Waals surface area contributed by atoms with Gasteiger partial charge in [-0.1, -0.05) is 56.5 Å². The van der Waals surface area contributed by atoms with E-state index in [9.17, 15) is 9.59 Å². The maximum atomic E-state index is 12.2. The van der Waals surface area contributed by atoms with Crippen LogP contribution in [0, 0.1) is 0 Å². The van der Waals surface area contributed by atoms with Crippen molar-refractivity contribution in [2.45, 2.75) is 51.7 Å². The molecule has 1 aromatic rings. The first kappa shape index (κ1) is 21.4. The molecule has 0 aliphatic heterocycles. The van der Waals surface area contributed by atoms with Crippen LogP contribution in [0.4, 0.5) is 4.79 Å². The summed E-state index contributed by atoms with van der Waals surface area (Å²) in [7, 11) is 0. The number of carbonyl (C=O) groups excluding carboxylic acids is 2. The number of ether oxygens (including phenoxy) is 2. The van der Waals surface area contributed by atoms with Crippen LogP contribution in [0.5, 0.6) is 0 Å². The van der Waals surface area contributed by atoms with E-state index >= 15 is 0 Å². The number of esters is 1. The van der Waals surface area contributed by atoms with Gasteiger partial charge in [-0.2, -0.15) is 11.8 Å². The van der Waals surface area contributed by atoms with Gasteiger partial charge in [0, 0.05) is 0 Å². The molecule has 5 nitrogen and oxygen atoms in total. The van der Waals surface area contributed by atoms with Crippen molar-refractivity contribution in [1.82, 2.24) is 5.32 Å². The lowest BCUT2D eigenvalue weighted by atomic mass is 10.2. The molecular weight excluding hydrogens is 338 g/mol. The first-order valence-corrected chi connectivity index (χ1v) is 10.2. The Bertz CT molecular complexity index is 495. The van der Waals surface area contributed by atoms with Crippen molar-refractivity contribution in [2.75, 3.05) is 18.6 Å². The number of carbonyl (C=O) groups is 2. The van der Waals surface area contributed by atoms with Gasteiger partial charge in [0.1, 0.15) is 12.6 Å². The van der Waals surface area contributed by atoms with Crippen LogP contribution in [0.3, 0.4) is 0 Å². The first-order chi connectivity index (χ1) is 12.2. The van der Waals surface area contributed by atoms with Crippen molar-refractivity contribution in [2.24, 2.45) is 0 Å². The fraction of sp³-hybridized carbons (Fsp3) is 0.579. The Morgan fingerprint density at radius 1 is 1.12 bits per heavy atom. The van der Waals surface area contributed by atoms with Gasteiger partial charge in [-0.05, 0) is 30.4 Å². The van der Waals surface area contributed by atoms with Gasteiger partial charge < -0.3 is 14.8 Å². The number of nitrogens with one attached hydrogen (secondary N) is 1. The van der Waals surface area contributed by atoms with Crippen LogP contribution in [-0.2, 0) is 20.9 Å². The Balaban J connectivity index is 2.39. The molecule has 0 fully saturated rings. The summed E-state index contributed by atoms with van der Waals surface area (Å²) in [5, 5.41) is 2.62. The molecule has 6 heteroatoms. The van der Waals surface area contributed by atoms with Crippen molar-refractivity contribution in [3.8, 4) is 0 Å². The monoisotopic (exact) mass is 367 g/mol. The third kappa shape index (κ3) is 10.0. The second-order valence-corrected chi connectivity index (χ2v) is 6.75. The standard InChI is InChI=1S/C19H29NO4S/c1-3-4-5-9-13-23-18(21)17(12-14-25-2)20-19(22)24-15-16-10-7-6-8-11-16/h6-8,10-11,17H,3-5,9,12-15H2,1-2H3,(H,20,22). The second kappa shape index (κ2) is 13.6. The zero-order chi connectivity index (χ0) is 18.3. The predicted octanol–water partition coefficient (Wildman–Crippen LogP) is 4.16. The van der Waals surface area contributed by atoms with Crippen molar-refractivity contribution >= 4 is 23.8 Å². The minimum absolute atomic E-state index is 0.175. The van der Waals surface area contributed by atoms with Crippen molar-refractivity contribution in [1.29, 1.82) is 0 Å². The SMILES string of the molecule is CCCCCCOC(=O)C(CCSC)NC(=O)OCc1ccccc1. The average Bonchev–Trinajstić information content (AvgIpc) is 2.64. The van der Waals surface area contributed by atoms with Crippen molar-refractivity contribution in [3.63, 3.8) is 0 Å². The maximum absolute atomic E-state index is 12.2. The molecule has 0 saturated carbocycles. The first-order valence-electron chi connectivity index (χ1n) is 8.80. The number of hydrogen-bond donors (Lipinski definition) is 1. The van der Waals surface area contributed by atoms with E-state index in [1.807, 2.05) is 36.6 Å². The van der Waals surface area contributed by atoms with E-state index < -0.39 is 12.1 Å². The van der Waals surface area contributed by atoms with E-state index in [1.165, 1.54) is 0 Å². The van der Waals surface area contributed by atoms with Gasteiger partial charge in [-0.25, -0.2) is 9.59 Å². The van der Waals surface area contributed by atoms with Crippen LogP contribution >= 0.6 is 11.8 Å². The molecule has 0 bridgehead atoms. The van der Waals surface area contributed by atoms with Crippen LogP contribution in [0.2, 0.25) is 0 Å². The summed E-state index contributed by atoms with van der Waals surface area (Å²) in [6, 6.07) is 8.76. The molecule has 1 unspecified atom stereocenters. The van der Waals surface area contributed by atoms with E-state index in [0.717, 1.165) is 37.0 Å². The number of benzene rings is 1. The molecule has 1 N–H and O–H groups in total. The second-order valence-electron chi connectivity index (χ2n) is 5.77. The number of unbranched alkanes of at least 4 members (excludes halogenated alkanes) is 3. The molecule has 1 rings (SSSR count). The summed E-state index contributed by atoms with van der Waals surface area (Å²) < 4.78 is 10.5. The van der Waals surface area contributed by atoms with Crippen LogP contribution < -0.4 is 5.32 Å². The zero-order valence-electron chi connectivity index (χ0n) is 15.2. The lowest BCUT2D eigenvalue weighted by molar-refractivity contribution is -0.146. The molecule has 1 aromatic carbocycles. The summed E-state index contributed by atoms with van der Waals surface area (Å²) >= 11 is 1.62. The van der Waals surface area contributed by atoms with E-state index in [0.29, 0.717) is 13.0 Å². The van der Waals surface area contributed by atoms with Crippen molar-refractivity contribution < 1.29 is 19.1 Å². The molecule has 0 aromatic heterocycles. The van der Waals surface area contributed by atoms with Gasteiger partial charge in [0.05, 0.1) is 6.61 Å². The van der Waals surface area contributed by atoms with Gasteiger partial charge >= 0.3 is 12.1 Å². The number of hydrogen-bond acceptors (Lipinski definition) is 5. The molecule has 1 amide bonds. The molecule has 0 radical (unpaired) electrons. The van der Waals surface area contributed by atoms with Crippen LogP contribution in [0.25, 0.3) is 0 Å². The highest BCUT2D eigenvalue weighted by molar-refractivity contribution is 7.98. The fourth-order valence-corrected chi connectivity index (χ4v) is 2.67. The molecule has 0 saturated heterocycles. The summed E-state index contributed by atoms with van der Waals surface area (Å²) in [6.45, 7) is 2.71. The molecule has 0 heterocycles. The lowest BCUT2D eigenvalue weighted by Gasteiger charge is -2.17. The highest BCUT2D eigenvalue weighted by Gasteiger charge is 2.22. The third-order valence-corrected chi connectivity index (χ3v) is 4.29. The zero-order valence-corrected chi connectivity index (χ0v) is 16.0. The summed E-state index contributed by atoms with van der Waals surface area (Å²) in [5.41, 5.74) is 0.900. The molecule has 1 atom stereocenters. The molecular formula is C19H29NO4S. The molecule has 0 aliphatic rings. The normalized spacial score (nSPS) is 11.6. The van der Waals surface area contributed by atoms with Gasteiger partial charge in [-0.3, -0.25) is 0 Å². The number of amides is 1. The van der Waals surface area contributed by atoms with Crippen LogP contribution in [0.1, 0.15) is 44.6 Å². The minimum atomic E-state index is -0.665. The largest absolute Gasteiger partial charge is 0.464 e. The Labute approximate surface area is 154 Å². The smallest absolute Gasteiger partial charge is 0.408 e. The molecule has 0 aliphatic carbocycles. The molecule has 140 valence electrons. The van der Waals surface area contributed by atoms with Gasteiger partial charge in [-0.15, -0.1) is 0 Å². The van der Waals surface area contributed by atoms with E-state index in [2.05, 4.69) is 12.2 Å². The fourth-order valence-electron chi connectivity index (χ4n) is 2.19. The van der Waals surface area contributed by atoms with Gasteiger partial charge in [0.2, 0.25) is 0 Å². The Morgan fingerprint density at radius 2 is 1.88 bits per heavy atom. The third-order valence-electron chi connectivity index (χ3n) is 3.64. The highest BCUT2D eigenvalue weighted by atomic mass is 32.2. The van der Waals surface area contributed by atoms with Gasteiger partial charge in [0.15, 0.2) is 0 Å². The Hall–Kier alpha value is -1.69. The number of rotatable bonds is 12. The van der Waals surface area contributed by atoms with Gasteiger partial charge in [0.25, 0.3) is 0 Å².